The Morgan fingerprint density at radius 3 is 2.70 bits per heavy atom. The van der Waals surface area contributed by atoms with Crippen molar-refractivity contribution in [1.29, 1.82) is 0 Å². The molecule has 1 aliphatic heterocycles. The smallest absolute Gasteiger partial charge is 0.236 e. The van der Waals surface area contributed by atoms with Crippen LogP contribution < -0.4 is 0 Å². The van der Waals surface area contributed by atoms with Gasteiger partial charge in [0.05, 0.1) is 5.41 Å². The minimum absolute atomic E-state index is 0.0417. The van der Waals surface area contributed by atoms with Crippen molar-refractivity contribution in [3.63, 3.8) is 0 Å². The summed E-state index contributed by atoms with van der Waals surface area (Å²) in [4.78, 5) is 25.8. The van der Waals surface area contributed by atoms with E-state index in [1.54, 1.807) is 6.08 Å². The van der Waals surface area contributed by atoms with Crippen molar-refractivity contribution in [1.82, 2.24) is 4.90 Å². The Morgan fingerprint density at radius 2 is 2.10 bits per heavy atom. The fraction of sp³-hybridized carbons (Fsp3) is 0.412. The lowest BCUT2D eigenvalue weighted by atomic mass is 9.72. The molecule has 106 valence electrons. The van der Waals surface area contributed by atoms with E-state index in [-0.39, 0.29) is 11.8 Å². The zero-order chi connectivity index (χ0) is 14.6. The third-order valence-corrected chi connectivity index (χ3v) is 4.04. The minimum atomic E-state index is -0.507. The minimum Gasteiger partial charge on any atom is -0.282 e. The molecule has 1 heterocycles. The summed E-state index contributed by atoms with van der Waals surface area (Å²) in [6, 6.07) is 9.99. The average molecular weight is 271 g/mol. The summed E-state index contributed by atoms with van der Waals surface area (Å²) in [5.41, 5.74) is 0.626. The van der Waals surface area contributed by atoms with E-state index in [4.69, 9.17) is 0 Å². The van der Waals surface area contributed by atoms with Gasteiger partial charge in [0.1, 0.15) is 0 Å². The standard InChI is InChI=1S/C17H21NO2/c1-3-10-17(13-15-8-5-4-6-9-15)11-7-12-18(14(2)19)16(17)20/h3-6,8-9H,1,7,10-13H2,2H3/t17-/m1/s1. The van der Waals surface area contributed by atoms with Gasteiger partial charge in [-0.25, -0.2) is 0 Å². The van der Waals surface area contributed by atoms with Crippen LogP contribution in [0.15, 0.2) is 43.0 Å². The third-order valence-electron chi connectivity index (χ3n) is 4.04. The van der Waals surface area contributed by atoms with Gasteiger partial charge in [-0.1, -0.05) is 36.4 Å². The average Bonchev–Trinajstić information content (AvgIpc) is 2.43. The van der Waals surface area contributed by atoms with Gasteiger partial charge in [0.25, 0.3) is 0 Å². The third kappa shape index (κ3) is 2.82. The van der Waals surface area contributed by atoms with E-state index in [9.17, 15) is 9.59 Å². The van der Waals surface area contributed by atoms with Crippen LogP contribution in [0.25, 0.3) is 0 Å². The fourth-order valence-electron chi connectivity index (χ4n) is 3.06. The molecule has 0 aliphatic carbocycles. The van der Waals surface area contributed by atoms with E-state index < -0.39 is 5.41 Å². The highest BCUT2D eigenvalue weighted by molar-refractivity contribution is 5.98. The fourth-order valence-corrected chi connectivity index (χ4v) is 3.06. The van der Waals surface area contributed by atoms with Crippen molar-refractivity contribution < 1.29 is 9.59 Å². The Hall–Kier alpha value is -1.90. The number of likely N-dealkylation sites (tertiary alicyclic amines) is 1. The monoisotopic (exact) mass is 271 g/mol. The van der Waals surface area contributed by atoms with E-state index in [2.05, 4.69) is 6.58 Å². The molecular weight excluding hydrogens is 250 g/mol. The number of hydrogen-bond acceptors (Lipinski definition) is 2. The number of benzene rings is 1. The van der Waals surface area contributed by atoms with Crippen LogP contribution in [0.4, 0.5) is 0 Å². The van der Waals surface area contributed by atoms with Crippen molar-refractivity contribution >= 4 is 11.8 Å². The molecular formula is C17H21NO2. The Balaban J connectivity index is 2.30. The number of rotatable bonds is 4. The normalized spacial score (nSPS) is 22.6. The summed E-state index contributed by atoms with van der Waals surface area (Å²) in [5.74, 6) is -0.198. The summed E-state index contributed by atoms with van der Waals surface area (Å²) in [6.45, 7) is 5.80. The maximum Gasteiger partial charge on any atom is 0.236 e. The lowest BCUT2D eigenvalue weighted by Gasteiger charge is -2.40. The molecule has 1 aromatic carbocycles. The van der Waals surface area contributed by atoms with Crippen molar-refractivity contribution in [2.45, 2.75) is 32.6 Å². The van der Waals surface area contributed by atoms with Gasteiger partial charge in [0.15, 0.2) is 0 Å². The molecule has 1 atom stereocenters. The molecule has 1 aliphatic rings. The molecule has 0 radical (unpaired) electrons. The van der Waals surface area contributed by atoms with Crippen LogP contribution in [-0.4, -0.2) is 23.3 Å². The van der Waals surface area contributed by atoms with Gasteiger partial charge in [-0.2, -0.15) is 0 Å². The van der Waals surface area contributed by atoms with Gasteiger partial charge < -0.3 is 0 Å². The number of hydrogen-bond donors (Lipinski definition) is 0. The number of imide groups is 1. The Kier molecular flexibility index (Phi) is 4.38. The molecule has 1 fully saturated rings. The van der Waals surface area contributed by atoms with Gasteiger partial charge in [-0.05, 0) is 31.2 Å². The van der Waals surface area contributed by atoms with Gasteiger partial charge in [-0.15, -0.1) is 6.58 Å². The van der Waals surface area contributed by atoms with Crippen LogP contribution in [0.1, 0.15) is 31.7 Å². The van der Waals surface area contributed by atoms with Crippen LogP contribution >= 0.6 is 0 Å². The molecule has 0 aromatic heterocycles. The number of carbonyl (C=O) groups excluding carboxylic acids is 2. The van der Waals surface area contributed by atoms with Gasteiger partial charge >= 0.3 is 0 Å². The summed E-state index contributed by atoms with van der Waals surface area (Å²) in [7, 11) is 0. The van der Waals surface area contributed by atoms with Crippen LogP contribution in [0.5, 0.6) is 0 Å². The maximum absolute atomic E-state index is 12.7. The first kappa shape index (κ1) is 14.5. The van der Waals surface area contributed by atoms with Crippen molar-refractivity contribution in [3.8, 4) is 0 Å². The second-order valence-electron chi connectivity index (χ2n) is 5.51. The summed E-state index contributed by atoms with van der Waals surface area (Å²) < 4.78 is 0. The van der Waals surface area contributed by atoms with Crippen LogP contribution in [0, 0.1) is 5.41 Å². The second-order valence-corrected chi connectivity index (χ2v) is 5.51. The first-order chi connectivity index (χ1) is 9.59. The Labute approximate surface area is 120 Å². The van der Waals surface area contributed by atoms with Gasteiger partial charge in [0.2, 0.25) is 11.8 Å². The SMILES string of the molecule is C=CC[C@]1(Cc2ccccc2)CCCN(C(C)=O)C1=O. The predicted molar refractivity (Wildman–Crippen MR) is 79.0 cm³/mol. The number of carbonyl (C=O) groups is 2. The van der Waals surface area contributed by atoms with Crippen molar-refractivity contribution in [3.05, 3.63) is 48.6 Å². The van der Waals surface area contributed by atoms with Gasteiger partial charge in [0, 0.05) is 13.5 Å². The molecule has 1 saturated heterocycles. The first-order valence-electron chi connectivity index (χ1n) is 7.06. The zero-order valence-corrected chi connectivity index (χ0v) is 12.0. The maximum atomic E-state index is 12.7. The Morgan fingerprint density at radius 1 is 1.40 bits per heavy atom. The number of amides is 2. The second kappa shape index (κ2) is 6.04. The van der Waals surface area contributed by atoms with E-state index in [0.29, 0.717) is 19.4 Å². The molecule has 0 bridgehead atoms. The molecule has 0 unspecified atom stereocenters. The topological polar surface area (TPSA) is 37.4 Å². The van der Waals surface area contributed by atoms with E-state index >= 15 is 0 Å². The molecule has 20 heavy (non-hydrogen) atoms. The molecule has 3 heteroatoms. The first-order valence-corrected chi connectivity index (χ1v) is 7.06. The molecule has 0 spiro atoms. The quantitative estimate of drug-likeness (QED) is 0.790. The molecule has 1 aromatic rings. The summed E-state index contributed by atoms with van der Waals surface area (Å²) in [6.07, 6.45) is 4.76. The summed E-state index contributed by atoms with van der Waals surface area (Å²) in [5, 5.41) is 0. The lowest BCUT2D eigenvalue weighted by molar-refractivity contribution is -0.154. The lowest BCUT2D eigenvalue weighted by Crippen LogP contribution is -2.51. The van der Waals surface area contributed by atoms with E-state index in [1.807, 2.05) is 30.3 Å². The molecule has 2 amide bonds. The van der Waals surface area contributed by atoms with Crippen LogP contribution in [0.3, 0.4) is 0 Å². The van der Waals surface area contributed by atoms with E-state index in [0.717, 1.165) is 18.4 Å². The zero-order valence-electron chi connectivity index (χ0n) is 12.0. The van der Waals surface area contributed by atoms with Crippen LogP contribution in [0.2, 0.25) is 0 Å². The predicted octanol–water partition coefficient (Wildman–Crippen LogP) is 2.96. The van der Waals surface area contributed by atoms with Crippen LogP contribution in [-0.2, 0) is 16.0 Å². The molecule has 0 N–H and O–H groups in total. The molecule has 0 saturated carbocycles. The highest BCUT2D eigenvalue weighted by Crippen LogP contribution is 2.38. The Bertz CT molecular complexity index is 509. The number of nitrogens with zero attached hydrogens (tertiary/aromatic N) is 1. The highest BCUT2D eigenvalue weighted by Gasteiger charge is 2.44. The van der Waals surface area contributed by atoms with Gasteiger partial charge in [-0.3, -0.25) is 14.5 Å². The highest BCUT2D eigenvalue weighted by atomic mass is 16.2. The van der Waals surface area contributed by atoms with E-state index in [1.165, 1.54) is 11.8 Å². The number of allylic oxidation sites excluding steroid dienone is 1. The summed E-state index contributed by atoms with van der Waals surface area (Å²) >= 11 is 0. The van der Waals surface area contributed by atoms with Crippen molar-refractivity contribution in [2.75, 3.05) is 6.54 Å². The van der Waals surface area contributed by atoms with Crippen molar-refractivity contribution in [2.24, 2.45) is 5.41 Å². The molecule has 2 rings (SSSR count). The number of piperidine rings is 1. The largest absolute Gasteiger partial charge is 0.282 e. The molecule has 3 nitrogen and oxygen atoms in total.